The zero-order valence-corrected chi connectivity index (χ0v) is 22.1. The number of carbonyl (C=O) groups is 2. The fraction of sp³-hybridized carbons (Fsp3) is 0.462. The number of hydrogen-bond acceptors (Lipinski definition) is 4. The molecule has 0 aliphatic heterocycles. The van der Waals surface area contributed by atoms with Crippen molar-refractivity contribution in [1.82, 2.24) is 10.2 Å². The molecular formula is C26H36FN3O4S. The van der Waals surface area contributed by atoms with E-state index in [2.05, 4.69) is 5.32 Å². The van der Waals surface area contributed by atoms with Gasteiger partial charge in [-0.3, -0.25) is 13.9 Å². The van der Waals surface area contributed by atoms with Gasteiger partial charge < -0.3 is 10.2 Å². The summed E-state index contributed by atoms with van der Waals surface area (Å²) in [6.07, 6.45) is 1.37. The summed E-state index contributed by atoms with van der Waals surface area (Å²) in [6, 6.07) is 11.7. The van der Waals surface area contributed by atoms with E-state index in [9.17, 15) is 22.4 Å². The Bertz CT molecular complexity index is 1100. The van der Waals surface area contributed by atoms with E-state index in [1.165, 1.54) is 17.0 Å². The summed E-state index contributed by atoms with van der Waals surface area (Å²) < 4.78 is 39.8. The van der Waals surface area contributed by atoms with Gasteiger partial charge in [-0.25, -0.2) is 12.8 Å². The van der Waals surface area contributed by atoms with Crippen LogP contribution in [0.4, 0.5) is 10.1 Å². The van der Waals surface area contributed by atoms with Crippen molar-refractivity contribution in [3.8, 4) is 0 Å². The average Bonchev–Trinajstić information content (AvgIpc) is 2.77. The average molecular weight is 506 g/mol. The Hall–Kier alpha value is -2.94. The summed E-state index contributed by atoms with van der Waals surface area (Å²) in [6.45, 7) is 9.07. The van der Waals surface area contributed by atoms with Crippen molar-refractivity contribution in [2.24, 2.45) is 0 Å². The van der Waals surface area contributed by atoms with Crippen LogP contribution in [0.15, 0.2) is 48.5 Å². The maximum absolute atomic E-state index is 13.6. The smallest absolute Gasteiger partial charge is 0.244 e. The molecule has 2 rings (SSSR count). The highest BCUT2D eigenvalue weighted by Crippen LogP contribution is 2.23. The van der Waals surface area contributed by atoms with E-state index in [1.54, 1.807) is 31.2 Å². The molecule has 2 aromatic rings. The van der Waals surface area contributed by atoms with Crippen LogP contribution in [-0.4, -0.2) is 50.0 Å². The van der Waals surface area contributed by atoms with Crippen LogP contribution in [0.1, 0.15) is 58.1 Å². The van der Waals surface area contributed by atoms with E-state index in [-0.39, 0.29) is 24.4 Å². The molecule has 192 valence electrons. The number of carbonyl (C=O) groups excluding carboxylic acids is 2. The van der Waals surface area contributed by atoms with Gasteiger partial charge in [0.1, 0.15) is 18.4 Å². The maximum Gasteiger partial charge on any atom is 0.244 e. The summed E-state index contributed by atoms with van der Waals surface area (Å²) in [7, 11) is -3.79. The lowest BCUT2D eigenvalue weighted by Gasteiger charge is -2.33. The first-order valence-corrected chi connectivity index (χ1v) is 13.6. The van der Waals surface area contributed by atoms with Crippen molar-refractivity contribution in [3.05, 3.63) is 65.5 Å². The Morgan fingerprint density at radius 3 is 2.00 bits per heavy atom. The van der Waals surface area contributed by atoms with Crippen LogP contribution in [0, 0.1) is 5.82 Å². The molecule has 0 saturated carbocycles. The van der Waals surface area contributed by atoms with E-state index in [4.69, 9.17) is 0 Å². The monoisotopic (exact) mass is 505 g/mol. The molecule has 0 unspecified atom stereocenters. The zero-order valence-electron chi connectivity index (χ0n) is 21.3. The number of amides is 2. The molecule has 0 bridgehead atoms. The molecule has 2 aromatic carbocycles. The van der Waals surface area contributed by atoms with Gasteiger partial charge in [0.2, 0.25) is 21.8 Å². The van der Waals surface area contributed by atoms with Crippen LogP contribution >= 0.6 is 0 Å². The first-order chi connectivity index (χ1) is 16.3. The number of benzene rings is 2. The molecule has 9 heteroatoms. The van der Waals surface area contributed by atoms with Crippen LogP contribution in [0.3, 0.4) is 0 Å². The second kappa shape index (κ2) is 12.2. The van der Waals surface area contributed by atoms with E-state index in [0.29, 0.717) is 17.7 Å². The van der Waals surface area contributed by atoms with Crippen LogP contribution in [0.2, 0.25) is 0 Å². The van der Waals surface area contributed by atoms with Crippen LogP contribution in [0.5, 0.6) is 0 Å². The lowest BCUT2D eigenvalue weighted by molar-refractivity contribution is -0.140. The second-order valence-electron chi connectivity index (χ2n) is 9.25. The van der Waals surface area contributed by atoms with Crippen molar-refractivity contribution >= 4 is 27.5 Å². The highest BCUT2D eigenvalue weighted by molar-refractivity contribution is 7.92. The number of halogens is 1. The van der Waals surface area contributed by atoms with E-state index in [1.807, 2.05) is 39.8 Å². The minimum absolute atomic E-state index is 0.0347. The molecule has 0 heterocycles. The lowest BCUT2D eigenvalue weighted by atomic mass is 10.0. The summed E-state index contributed by atoms with van der Waals surface area (Å²) in [5.41, 5.74) is 2.04. The third-order valence-corrected chi connectivity index (χ3v) is 6.75. The molecule has 2 amide bonds. The molecule has 7 nitrogen and oxygen atoms in total. The van der Waals surface area contributed by atoms with Gasteiger partial charge in [-0.1, -0.05) is 45.0 Å². The van der Waals surface area contributed by atoms with Crippen molar-refractivity contribution in [3.63, 3.8) is 0 Å². The molecule has 0 aliphatic carbocycles. The zero-order chi connectivity index (χ0) is 26.3. The molecular weight excluding hydrogens is 469 g/mol. The summed E-state index contributed by atoms with van der Waals surface area (Å²) >= 11 is 0. The lowest BCUT2D eigenvalue weighted by Crippen LogP contribution is -2.53. The maximum atomic E-state index is 13.6. The van der Waals surface area contributed by atoms with Crippen molar-refractivity contribution in [2.75, 3.05) is 17.1 Å². The van der Waals surface area contributed by atoms with E-state index < -0.39 is 34.3 Å². The summed E-state index contributed by atoms with van der Waals surface area (Å²) in [5.74, 6) is -0.999. The molecule has 1 atom stereocenters. The number of nitrogens with zero attached hydrogens (tertiary/aromatic N) is 2. The molecule has 0 spiro atoms. The fourth-order valence-corrected chi connectivity index (χ4v) is 4.58. The van der Waals surface area contributed by atoms with E-state index >= 15 is 0 Å². The van der Waals surface area contributed by atoms with Gasteiger partial charge in [-0.15, -0.1) is 0 Å². The third-order valence-electron chi connectivity index (χ3n) is 5.61. The Labute approximate surface area is 208 Å². The van der Waals surface area contributed by atoms with Gasteiger partial charge in [0, 0.05) is 12.6 Å². The largest absolute Gasteiger partial charge is 0.352 e. The predicted molar refractivity (Wildman–Crippen MR) is 137 cm³/mol. The van der Waals surface area contributed by atoms with Gasteiger partial charge in [-0.05, 0) is 61.6 Å². The van der Waals surface area contributed by atoms with Crippen molar-refractivity contribution < 1.29 is 22.4 Å². The first-order valence-electron chi connectivity index (χ1n) is 11.7. The highest BCUT2D eigenvalue weighted by Gasteiger charge is 2.32. The topological polar surface area (TPSA) is 86.8 Å². The molecule has 0 saturated heterocycles. The normalized spacial score (nSPS) is 12.5. The third kappa shape index (κ3) is 8.06. The fourth-order valence-electron chi connectivity index (χ4n) is 3.73. The van der Waals surface area contributed by atoms with E-state index in [0.717, 1.165) is 16.1 Å². The highest BCUT2D eigenvalue weighted by atomic mass is 32.2. The van der Waals surface area contributed by atoms with Crippen molar-refractivity contribution in [2.45, 2.75) is 65.6 Å². The second-order valence-corrected chi connectivity index (χ2v) is 11.2. The Morgan fingerprint density at radius 1 is 0.971 bits per heavy atom. The molecule has 0 fully saturated rings. The molecule has 1 N–H and O–H groups in total. The molecule has 0 aromatic heterocycles. The van der Waals surface area contributed by atoms with Gasteiger partial charge in [0.05, 0.1) is 11.9 Å². The first kappa shape index (κ1) is 28.3. The summed E-state index contributed by atoms with van der Waals surface area (Å²) in [4.78, 5) is 27.9. The standard InChI is InChI=1S/C26H36FN3O4S/c1-7-24(26(32)28-19(4)5)29(16-20-8-12-22(27)13-9-20)25(31)17-30(35(6,33)34)23-14-10-21(11-15-23)18(2)3/h8-15,18-19,24H,7,16-17H2,1-6H3,(H,28,32)/t24-/m1/s1. The molecule has 0 radical (unpaired) electrons. The minimum atomic E-state index is -3.79. The number of sulfonamides is 1. The van der Waals surface area contributed by atoms with Crippen molar-refractivity contribution in [1.29, 1.82) is 0 Å². The minimum Gasteiger partial charge on any atom is -0.352 e. The van der Waals surface area contributed by atoms with Crippen LogP contribution in [0.25, 0.3) is 0 Å². The summed E-state index contributed by atoms with van der Waals surface area (Å²) in [5, 5.41) is 2.83. The SMILES string of the molecule is CC[C@H](C(=O)NC(C)C)N(Cc1ccc(F)cc1)C(=O)CN(c1ccc(C(C)C)cc1)S(C)(=O)=O. The molecule has 35 heavy (non-hydrogen) atoms. The Morgan fingerprint density at radius 2 is 1.54 bits per heavy atom. The Balaban J connectivity index is 2.42. The number of anilines is 1. The van der Waals surface area contributed by atoms with Gasteiger partial charge in [0.25, 0.3) is 0 Å². The van der Waals surface area contributed by atoms with Crippen LogP contribution < -0.4 is 9.62 Å². The Kier molecular flexibility index (Phi) is 9.82. The predicted octanol–water partition coefficient (Wildman–Crippen LogP) is 4.05. The number of rotatable bonds is 11. The van der Waals surface area contributed by atoms with Gasteiger partial charge in [-0.2, -0.15) is 0 Å². The van der Waals surface area contributed by atoms with Crippen LogP contribution in [-0.2, 0) is 26.2 Å². The van der Waals surface area contributed by atoms with Gasteiger partial charge in [0.15, 0.2) is 0 Å². The number of nitrogens with one attached hydrogen (secondary N) is 1. The molecule has 0 aliphatic rings. The van der Waals surface area contributed by atoms with Gasteiger partial charge >= 0.3 is 0 Å². The number of hydrogen-bond donors (Lipinski definition) is 1. The quantitative estimate of drug-likeness (QED) is 0.499.